The molecule has 0 aromatic heterocycles. The Labute approximate surface area is 175 Å². The van der Waals surface area contributed by atoms with E-state index in [1.165, 1.54) is 6.92 Å². The standard InChI is InChI=1S/C24H23N3O3/c1-16-11-13-18(14-12-16)26-24(30)20-8-4-5-9-21(20)25-15-23(29)27-22-10-6-3-7-19(22)17(2)28/h3-14,25H,15H2,1-2H3,(H,26,30)(H,27,29). The van der Waals surface area contributed by atoms with Crippen molar-refractivity contribution in [2.45, 2.75) is 13.8 Å². The van der Waals surface area contributed by atoms with Gasteiger partial charge in [0.1, 0.15) is 0 Å². The smallest absolute Gasteiger partial charge is 0.257 e. The van der Waals surface area contributed by atoms with Crippen molar-refractivity contribution in [3.8, 4) is 0 Å². The van der Waals surface area contributed by atoms with E-state index in [4.69, 9.17) is 0 Å². The predicted molar refractivity (Wildman–Crippen MR) is 119 cm³/mol. The fourth-order valence-corrected chi connectivity index (χ4v) is 2.94. The molecule has 2 amide bonds. The third-order valence-electron chi connectivity index (χ3n) is 4.50. The molecule has 0 fully saturated rings. The second-order valence-corrected chi connectivity index (χ2v) is 6.87. The van der Waals surface area contributed by atoms with E-state index in [2.05, 4.69) is 16.0 Å². The van der Waals surface area contributed by atoms with Crippen LogP contribution in [0.2, 0.25) is 0 Å². The summed E-state index contributed by atoms with van der Waals surface area (Å²) in [6, 6.07) is 21.3. The average Bonchev–Trinajstić information content (AvgIpc) is 2.74. The topological polar surface area (TPSA) is 87.3 Å². The van der Waals surface area contributed by atoms with E-state index in [1.807, 2.05) is 31.2 Å². The summed E-state index contributed by atoms with van der Waals surface area (Å²) >= 11 is 0. The second-order valence-electron chi connectivity index (χ2n) is 6.87. The number of anilines is 3. The second kappa shape index (κ2) is 9.52. The van der Waals surface area contributed by atoms with E-state index >= 15 is 0 Å². The van der Waals surface area contributed by atoms with Crippen LogP contribution in [-0.2, 0) is 4.79 Å². The Bertz CT molecular complexity index is 1080. The summed E-state index contributed by atoms with van der Waals surface area (Å²) in [4.78, 5) is 36.8. The maximum absolute atomic E-state index is 12.7. The Balaban J connectivity index is 1.66. The number of carbonyl (C=O) groups is 3. The van der Waals surface area contributed by atoms with Gasteiger partial charge in [0, 0.05) is 16.9 Å². The van der Waals surface area contributed by atoms with E-state index in [0.717, 1.165) is 5.56 Å². The lowest BCUT2D eigenvalue weighted by Crippen LogP contribution is -2.24. The Hall–Kier alpha value is -3.93. The van der Waals surface area contributed by atoms with Gasteiger partial charge in [-0.3, -0.25) is 14.4 Å². The summed E-state index contributed by atoms with van der Waals surface area (Å²) in [7, 11) is 0. The highest BCUT2D eigenvalue weighted by Crippen LogP contribution is 2.19. The van der Waals surface area contributed by atoms with Gasteiger partial charge in [-0.05, 0) is 50.2 Å². The van der Waals surface area contributed by atoms with Gasteiger partial charge in [-0.25, -0.2) is 0 Å². The number of aryl methyl sites for hydroxylation is 1. The maximum atomic E-state index is 12.7. The van der Waals surface area contributed by atoms with Gasteiger partial charge in [-0.1, -0.05) is 42.0 Å². The number of para-hydroxylation sites is 2. The highest BCUT2D eigenvalue weighted by molar-refractivity contribution is 6.09. The summed E-state index contributed by atoms with van der Waals surface area (Å²) in [5, 5.41) is 8.59. The fourth-order valence-electron chi connectivity index (χ4n) is 2.94. The molecule has 0 unspecified atom stereocenters. The van der Waals surface area contributed by atoms with E-state index in [9.17, 15) is 14.4 Å². The van der Waals surface area contributed by atoms with Crippen molar-refractivity contribution >= 4 is 34.7 Å². The molecule has 3 aromatic rings. The zero-order chi connectivity index (χ0) is 21.5. The van der Waals surface area contributed by atoms with Crippen LogP contribution in [0, 0.1) is 6.92 Å². The Morgan fingerprint density at radius 3 is 2.00 bits per heavy atom. The van der Waals surface area contributed by atoms with Crippen LogP contribution >= 0.6 is 0 Å². The summed E-state index contributed by atoms with van der Waals surface area (Å²) in [5.41, 5.74) is 3.67. The quantitative estimate of drug-likeness (QED) is 0.509. The van der Waals surface area contributed by atoms with Crippen molar-refractivity contribution in [3.05, 3.63) is 89.5 Å². The van der Waals surface area contributed by atoms with Crippen molar-refractivity contribution in [2.24, 2.45) is 0 Å². The Morgan fingerprint density at radius 2 is 1.33 bits per heavy atom. The van der Waals surface area contributed by atoms with E-state index in [-0.39, 0.29) is 24.1 Å². The van der Waals surface area contributed by atoms with Gasteiger partial charge in [0.25, 0.3) is 5.91 Å². The highest BCUT2D eigenvalue weighted by atomic mass is 16.2. The van der Waals surface area contributed by atoms with Gasteiger partial charge in [-0.2, -0.15) is 0 Å². The summed E-state index contributed by atoms with van der Waals surface area (Å²) in [6.07, 6.45) is 0. The van der Waals surface area contributed by atoms with Gasteiger partial charge < -0.3 is 16.0 Å². The van der Waals surface area contributed by atoms with Crippen molar-refractivity contribution in [1.82, 2.24) is 0 Å². The zero-order valence-corrected chi connectivity index (χ0v) is 16.9. The lowest BCUT2D eigenvalue weighted by atomic mass is 10.1. The highest BCUT2D eigenvalue weighted by Gasteiger charge is 2.13. The van der Waals surface area contributed by atoms with Gasteiger partial charge in [0.15, 0.2) is 5.78 Å². The van der Waals surface area contributed by atoms with Crippen LogP contribution in [0.3, 0.4) is 0 Å². The number of carbonyl (C=O) groups excluding carboxylic acids is 3. The molecule has 3 rings (SSSR count). The molecule has 0 aliphatic carbocycles. The Morgan fingerprint density at radius 1 is 0.733 bits per heavy atom. The third-order valence-corrected chi connectivity index (χ3v) is 4.50. The molecule has 0 radical (unpaired) electrons. The van der Waals surface area contributed by atoms with Crippen LogP contribution in [-0.4, -0.2) is 24.1 Å². The number of Topliss-reactive ketones (excluding diaryl/α,β-unsaturated/α-hetero) is 1. The number of ketones is 1. The first-order valence-electron chi connectivity index (χ1n) is 9.55. The lowest BCUT2D eigenvalue weighted by Gasteiger charge is -2.13. The summed E-state index contributed by atoms with van der Waals surface area (Å²) < 4.78 is 0. The first-order chi connectivity index (χ1) is 14.4. The number of nitrogens with one attached hydrogen (secondary N) is 3. The maximum Gasteiger partial charge on any atom is 0.257 e. The molecule has 152 valence electrons. The molecule has 0 aliphatic rings. The molecule has 3 aromatic carbocycles. The van der Waals surface area contributed by atoms with E-state index < -0.39 is 0 Å². The van der Waals surface area contributed by atoms with Gasteiger partial charge in [0.2, 0.25) is 5.91 Å². The van der Waals surface area contributed by atoms with Gasteiger partial charge in [0.05, 0.1) is 17.8 Å². The minimum Gasteiger partial charge on any atom is -0.376 e. The normalized spacial score (nSPS) is 10.2. The van der Waals surface area contributed by atoms with Crippen LogP contribution in [0.4, 0.5) is 17.1 Å². The fraction of sp³-hybridized carbons (Fsp3) is 0.125. The van der Waals surface area contributed by atoms with Crippen LogP contribution in [0.5, 0.6) is 0 Å². The van der Waals surface area contributed by atoms with Gasteiger partial charge >= 0.3 is 0 Å². The van der Waals surface area contributed by atoms with Crippen molar-refractivity contribution in [2.75, 3.05) is 22.5 Å². The molecule has 0 saturated carbocycles. The third kappa shape index (κ3) is 5.32. The average molecular weight is 401 g/mol. The van der Waals surface area contributed by atoms with E-state index in [0.29, 0.717) is 28.2 Å². The van der Waals surface area contributed by atoms with Crippen LogP contribution in [0.25, 0.3) is 0 Å². The molecule has 0 spiro atoms. The molecular formula is C24H23N3O3. The molecule has 6 nitrogen and oxygen atoms in total. The molecule has 0 bridgehead atoms. The Kier molecular flexibility index (Phi) is 6.60. The minimum absolute atomic E-state index is 0.0545. The molecule has 3 N–H and O–H groups in total. The monoisotopic (exact) mass is 401 g/mol. The number of hydrogen-bond donors (Lipinski definition) is 3. The predicted octanol–water partition coefficient (Wildman–Crippen LogP) is 4.50. The molecule has 6 heteroatoms. The van der Waals surface area contributed by atoms with Gasteiger partial charge in [-0.15, -0.1) is 0 Å². The molecular weight excluding hydrogens is 378 g/mol. The largest absolute Gasteiger partial charge is 0.376 e. The SMILES string of the molecule is CC(=O)c1ccccc1NC(=O)CNc1ccccc1C(=O)Nc1ccc(C)cc1. The molecule has 0 heterocycles. The lowest BCUT2D eigenvalue weighted by molar-refractivity contribution is -0.114. The van der Waals surface area contributed by atoms with Crippen molar-refractivity contribution in [3.63, 3.8) is 0 Å². The number of amides is 2. The number of hydrogen-bond acceptors (Lipinski definition) is 4. The molecule has 0 aliphatic heterocycles. The minimum atomic E-state index is -0.322. The van der Waals surface area contributed by atoms with Crippen LogP contribution in [0.1, 0.15) is 33.2 Å². The van der Waals surface area contributed by atoms with E-state index in [1.54, 1.807) is 48.5 Å². The molecule has 30 heavy (non-hydrogen) atoms. The number of rotatable bonds is 7. The molecule has 0 atom stereocenters. The van der Waals surface area contributed by atoms with Crippen LogP contribution in [0.15, 0.2) is 72.8 Å². The zero-order valence-electron chi connectivity index (χ0n) is 16.9. The summed E-state index contributed by atoms with van der Waals surface area (Å²) in [6.45, 7) is 3.37. The first-order valence-corrected chi connectivity index (χ1v) is 9.55. The van der Waals surface area contributed by atoms with Crippen LogP contribution < -0.4 is 16.0 Å². The summed E-state index contributed by atoms with van der Waals surface area (Å²) in [5.74, 6) is -0.723. The molecule has 0 saturated heterocycles. The number of benzene rings is 3. The van der Waals surface area contributed by atoms with Crippen molar-refractivity contribution in [1.29, 1.82) is 0 Å². The van der Waals surface area contributed by atoms with Crippen molar-refractivity contribution < 1.29 is 14.4 Å². The first kappa shape index (κ1) is 20.8.